The highest BCUT2D eigenvalue weighted by Crippen LogP contribution is 2.32. The molecule has 3 rings (SSSR count). The standard InChI is InChI=1S/C22H29NO3S/c1-22(2,13-15-11-17-5-3-4-6-18(17)12-15)23-14-19(24)21-16(9-10-27-21)7-8-20(25)26/h3-6,9-10,15,19,23-24H,7-8,11-14H2,1-2H3,(H,25,26). The molecular weight excluding hydrogens is 358 g/mol. The molecule has 0 saturated carbocycles. The Morgan fingerprint density at radius 1 is 1.26 bits per heavy atom. The van der Waals surface area contributed by atoms with Crippen molar-refractivity contribution in [2.45, 2.75) is 57.6 Å². The largest absolute Gasteiger partial charge is 0.481 e. The van der Waals surface area contributed by atoms with Gasteiger partial charge in [-0.25, -0.2) is 0 Å². The first-order valence-electron chi connectivity index (χ1n) is 9.62. The minimum Gasteiger partial charge on any atom is -0.481 e. The number of fused-ring (bicyclic) bond motifs is 1. The van der Waals surface area contributed by atoms with Crippen molar-refractivity contribution in [1.29, 1.82) is 0 Å². The van der Waals surface area contributed by atoms with Crippen molar-refractivity contribution in [2.24, 2.45) is 5.92 Å². The molecule has 0 aliphatic heterocycles. The van der Waals surface area contributed by atoms with Gasteiger partial charge in [-0.2, -0.15) is 0 Å². The van der Waals surface area contributed by atoms with Gasteiger partial charge in [0.05, 0.1) is 0 Å². The summed E-state index contributed by atoms with van der Waals surface area (Å²) in [6, 6.07) is 10.6. The van der Waals surface area contributed by atoms with Crippen molar-refractivity contribution in [3.63, 3.8) is 0 Å². The molecule has 4 nitrogen and oxygen atoms in total. The molecule has 0 fully saturated rings. The number of thiophene rings is 1. The fourth-order valence-corrected chi connectivity index (χ4v) is 5.08. The Morgan fingerprint density at radius 3 is 2.56 bits per heavy atom. The fraction of sp³-hybridized carbons (Fsp3) is 0.500. The van der Waals surface area contributed by atoms with Crippen LogP contribution in [0.5, 0.6) is 0 Å². The Hall–Kier alpha value is -1.69. The maximum Gasteiger partial charge on any atom is 0.303 e. The zero-order valence-corrected chi connectivity index (χ0v) is 16.9. The van der Waals surface area contributed by atoms with E-state index in [2.05, 4.69) is 43.4 Å². The smallest absolute Gasteiger partial charge is 0.303 e. The summed E-state index contributed by atoms with van der Waals surface area (Å²) in [7, 11) is 0. The van der Waals surface area contributed by atoms with E-state index in [0.29, 0.717) is 18.9 Å². The molecule has 1 aliphatic rings. The second kappa shape index (κ2) is 8.55. The Kier molecular flexibility index (Phi) is 6.35. The second-order valence-electron chi connectivity index (χ2n) is 8.23. The number of aliphatic hydroxyl groups excluding tert-OH is 1. The molecular formula is C22H29NO3S. The van der Waals surface area contributed by atoms with Crippen molar-refractivity contribution in [3.8, 4) is 0 Å². The van der Waals surface area contributed by atoms with E-state index in [-0.39, 0.29) is 12.0 Å². The average Bonchev–Trinajstić information content (AvgIpc) is 3.23. The van der Waals surface area contributed by atoms with E-state index >= 15 is 0 Å². The van der Waals surface area contributed by atoms with Gasteiger partial charge in [-0.15, -0.1) is 11.3 Å². The highest BCUT2D eigenvalue weighted by Gasteiger charge is 2.28. The van der Waals surface area contributed by atoms with Crippen LogP contribution in [0.15, 0.2) is 35.7 Å². The SMILES string of the molecule is CC(C)(CC1Cc2ccccc2C1)NCC(O)c1sccc1CCC(=O)O. The summed E-state index contributed by atoms with van der Waals surface area (Å²) >= 11 is 1.50. The second-order valence-corrected chi connectivity index (χ2v) is 9.18. The van der Waals surface area contributed by atoms with Gasteiger partial charge in [-0.1, -0.05) is 24.3 Å². The number of aliphatic carboxylic acids is 1. The van der Waals surface area contributed by atoms with Crippen LogP contribution in [0.2, 0.25) is 0 Å². The molecule has 1 aromatic heterocycles. The molecule has 5 heteroatoms. The summed E-state index contributed by atoms with van der Waals surface area (Å²) in [5, 5.41) is 25.0. The monoisotopic (exact) mass is 387 g/mol. The number of aryl methyl sites for hydroxylation is 1. The number of rotatable bonds is 9. The molecule has 146 valence electrons. The maximum absolute atomic E-state index is 10.8. The zero-order valence-electron chi connectivity index (χ0n) is 16.1. The van der Waals surface area contributed by atoms with Crippen LogP contribution in [0.25, 0.3) is 0 Å². The van der Waals surface area contributed by atoms with Gasteiger partial charge in [0.1, 0.15) is 6.10 Å². The molecule has 1 aromatic carbocycles. The summed E-state index contributed by atoms with van der Waals surface area (Å²) in [6.07, 6.45) is 3.29. The van der Waals surface area contributed by atoms with Crippen LogP contribution in [0.1, 0.15) is 54.4 Å². The first-order valence-corrected chi connectivity index (χ1v) is 10.5. The van der Waals surface area contributed by atoms with E-state index in [1.54, 1.807) is 0 Å². The van der Waals surface area contributed by atoms with Crippen LogP contribution in [-0.2, 0) is 24.1 Å². The third kappa shape index (κ3) is 5.41. The molecule has 0 saturated heterocycles. The van der Waals surface area contributed by atoms with Crippen molar-refractivity contribution >= 4 is 17.3 Å². The molecule has 0 spiro atoms. The van der Waals surface area contributed by atoms with Gasteiger partial charge < -0.3 is 15.5 Å². The Balaban J connectivity index is 1.52. The number of hydrogen-bond acceptors (Lipinski definition) is 4. The van der Waals surface area contributed by atoms with Gasteiger partial charge in [0.15, 0.2) is 0 Å². The Labute approximate surface area is 165 Å². The van der Waals surface area contributed by atoms with Crippen molar-refractivity contribution in [3.05, 3.63) is 57.3 Å². The average molecular weight is 388 g/mol. The van der Waals surface area contributed by atoms with Crippen LogP contribution >= 0.6 is 11.3 Å². The summed E-state index contributed by atoms with van der Waals surface area (Å²) in [5.74, 6) is -0.173. The zero-order chi connectivity index (χ0) is 19.4. The van der Waals surface area contributed by atoms with E-state index in [0.717, 1.165) is 29.7 Å². The van der Waals surface area contributed by atoms with Crippen LogP contribution in [0.4, 0.5) is 0 Å². The Morgan fingerprint density at radius 2 is 1.93 bits per heavy atom. The van der Waals surface area contributed by atoms with Crippen LogP contribution in [-0.4, -0.2) is 28.3 Å². The fourth-order valence-electron chi connectivity index (χ4n) is 4.14. The lowest BCUT2D eigenvalue weighted by Gasteiger charge is -2.30. The lowest BCUT2D eigenvalue weighted by atomic mass is 9.88. The first-order chi connectivity index (χ1) is 12.8. The Bertz CT molecular complexity index is 758. The minimum absolute atomic E-state index is 0.0633. The molecule has 1 atom stereocenters. The third-order valence-electron chi connectivity index (χ3n) is 5.40. The third-order valence-corrected chi connectivity index (χ3v) is 6.46. The van der Waals surface area contributed by atoms with E-state index < -0.39 is 12.1 Å². The van der Waals surface area contributed by atoms with Crippen molar-refractivity contribution in [2.75, 3.05) is 6.54 Å². The quantitative estimate of drug-likeness (QED) is 0.609. The lowest BCUT2D eigenvalue weighted by molar-refractivity contribution is -0.136. The predicted octanol–water partition coefficient (Wildman–Crippen LogP) is 3.97. The molecule has 2 aromatic rings. The predicted molar refractivity (Wildman–Crippen MR) is 109 cm³/mol. The van der Waals surface area contributed by atoms with E-state index in [9.17, 15) is 9.90 Å². The number of carboxylic acid groups (broad SMARTS) is 1. The number of β-amino-alcohol motifs (C(OH)–C–C–N with tert-alkyl or cyclic N) is 1. The summed E-state index contributed by atoms with van der Waals surface area (Å²) in [5.41, 5.74) is 3.83. The number of hydrogen-bond donors (Lipinski definition) is 3. The van der Waals surface area contributed by atoms with Crippen molar-refractivity contribution < 1.29 is 15.0 Å². The highest BCUT2D eigenvalue weighted by atomic mass is 32.1. The molecule has 27 heavy (non-hydrogen) atoms. The van der Waals surface area contributed by atoms with Crippen LogP contribution < -0.4 is 5.32 Å². The number of benzene rings is 1. The topological polar surface area (TPSA) is 69.6 Å². The molecule has 0 radical (unpaired) electrons. The van der Waals surface area contributed by atoms with Gasteiger partial charge in [-0.3, -0.25) is 4.79 Å². The first kappa shape index (κ1) is 20.1. The molecule has 1 aliphatic carbocycles. The number of nitrogens with one attached hydrogen (secondary N) is 1. The van der Waals surface area contributed by atoms with E-state index in [1.807, 2.05) is 11.4 Å². The molecule has 0 amide bonds. The maximum atomic E-state index is 10.8. The van der Waals surface area contributed by atoms with Gasteiger partial charge >= 0.3 is 5.97 Å². The summed E-state index contributed by atoms with van der Waals surface area (Å²) in [6.45, 7) is 4.87. The molecule has 1 heterocycles. The van der Waals surface area contributed by atoms with Gasteiger partial charge in [0, 0.05) is 23.4 Å². The summed E-state index contributed by atoms with van der Waals surface area (Å²) in [4.78, 5) is 11.7. The lowest BCUT2D eigenvalue weighted by Crippen LogP contribution is -2.43. The molecule has 1 unspecified atom stereocenters. The van der Waals surface area contributed by atoms with Gasteiger partial charge in [-0.05, 0) is 73.6 Å². The number of carbonyl (C=O) groups is 1. The number of carboxylic acids is 1. The van der Waals surface area contributed by atoms with Gasteiger partial charge in [0.2, 0.25) is 0 Å². The number of aliphatic hydroxyl groups is 1. The van der Waals surface area contributed by atoms with Crippen LogP contribution in [0, 0.1) is 5.92 Å². The van der Waals surface area contributed by atoms with Gasteiger partial charge in [0.25, 0.3) is 0 Å². The van der Waals surface area contributed by atoms with E-state index in [4.69, 9.17) is 5.11 Å². The van der Waals surface area contributed by atoms with Crippen molar-refractivity contribution in [1.82, 2.24) is 5.32 Å². The highest BCUT2D eigenvalue weighted by molar-refractivity contribution is 7.10. The summed E-state index contributed by atoms with van der Waals surface area (Å²) < 4.78 is 0. The normalized spacial score (nSPS) is 15.7. The van der Waals surface area contributed by atoms with Crippen LogP contribution in [0.3, 0.4) is 0 Å². The van der Waals surface area contributed by atoms with E-state index in [1.165, 1.54) is 22.5 Å². The molecule has 3 N–H and O–H groups in total. The minimum atomic E-state index is -0.807. The molecule has 0 bridgehead atoms.